The highest BCUT2D eigenvalue weighted by Crippen LogP contribution is 2.39. The number of rotatable bonds is 7. The fourth-order valence-corrected chi connectivity index (χ4v) is 3.75. The second-order valence-corrected chi connectivity index (χ2v) is 7.08. The molecule has 7 nitrogen and oxygen atoms in total. The van der Waals surface area contributed by atoms with Crippen LogP contribution in [0.4, 0.5) is 17.5 Å². The summed E-state index contributed by atoms with van der Waals surface area (Å²) in [4.78, 5) is 6.88. The van der Waals surface area contributed by atoms with Gasteiger partial charge in [0.2, 0.25) is 0 Å². The van der Waals surface area contributed by atoms with E-state index in [1.54, 1.807) is 14.2 Å². The third kappa shape index (κ3) is 3.86. The highest BCUT2D eigenvalue weighted by atomic mass is 16.5. The Labute approximate surface area is 170 Å². The smallest absolute Gasteiger partial charge is 0.276 e. The van der Waals surface area contributed by atoms with Crippen molar-refractivity contribution in [1.29, 1.82) is 0 Å². The summed E-state index contributed by atoms with van der Waals surface area (Å²) in [6.07, 6.45) is 0.914. The minimum Gasteiger partial charge on any atom is -0.477 e. The molecule has 0 fully saturated rings. The third-order valence-electron chi connectivity index (χ3n) is 5.10. The van der Waals surface area contributed by atoms with Crippen LogP contribution in [0.5, 0.6) is 5.88 Å². The van der Waals surface area contributed by atoms with E-state index in [0.717, 1.165) is 17.7 Å². The fraction of sp³-hybridized carbons (Fsp3) is 0.318. The number of aromatic nitrogens is 3. The van der Waals surface area contributed by atoms with Crippen molar-refractivity contribution in [3.63, 3.8) is 0 Å². The van der Waals surface area contributed by atoms with Gasteiger partial charge >= 0.3 is 0 Å². The minimum absolute atomic E-state index is 0.222. The van der Waals surface area contributed by atoms with E-state index in [0.29, 0.717) is 30.8 Å². The van der Waals surface area contributed by atoms with Gasteiger partial charge in [0, 0.05) is 25.4 Å². The van der Waals surface area contributed by atoms with Gasteiger partial charge in [-0.1, -0.05) is 42.5 Å². The lowest BCUT2D eigenvalue weighted by molar-refractivity contribution is 0.184. The number of hydrogen-bond donors (Lipinski definition) is 1. The van der Waals surface area contributed by atoms with Crippen molar-refractivity contribution in [2.75, 3.05) is 24.4 Å². The molecule has 150 valence electrons. The first-order valence-corrected chi connectivity index (χ1v) is 9.66. The molecule has 0 radical (unpaired) electrons. The maximum absolute atomic E-state index is 5.37. The first-order chi connectivity index (χ1) is 14.2. The van der Waals surface area contributed by atoms with E-state index in [4.69, 9.17) is 14.5 Å². The monoisotopic (exact) mass is 391 g/mol. The summed E-state index contributed by atoms with van der Waals surface area (Å²) >= 11 is 0. The Morgan fingerprint density at radius 1 is 1.07 bits per heavy atom. The molecule has 29 heavy (non-hydrogen) atoms. The average molecular weight is 391 g/mol. The second-order valence-electron chi connectivity index (χ2n) is 7.08. The number of hydrogen-bond acceptors (Lipinski definition) is 7. The molecule has 3 aromatic rings. The Hall–Kier alpha value is -3.19. The number of ether oxygens (including phenoxy) is 2. The van der Waals surface area contributed by atoms with E-state index in [-0.39, 0.29) is 6.04 Å². The quantitative estimate of drug-likeness (QED) is 0.658. The van der Waals surface area contributed by atoms with Crippen molar-refractivity contribution in [3.8, 4) is 5.88 Å². The van der Waals surface area contributed by atoms with Gasteiger partial charge in [-0.3, -0.25) is 0 Å². The van der Waals surface area contributed by atoms with Crippen LogP contribution in [0, 0.1) is 0 Å². The molecular weight excluding hydrogens is 366 g/mol. The van der Waals surface area contributed by atoms with Crippen LogP contribution in [0.1, 0.15) is 23.6 Å². The lowest BCUT2D eigenvalue weighted by atomic mass is 10.0. The number of benzene rings is 2. The largest absolute Gasteiger partial charge is 0.477 e. The van der Waals surface area contributed by atoms with Crippen LogP contribution in [-0.2, 0) is 24.3 Å². The first kappa shape index (κ1) is 19.1. The second kappa shape index (κ2) is 8.45. The summed E-state index contributed by atoms with van der Waals surface area (Å²) in [5, 5.41) is 11.9. The van der Waals surface area contributed by atoms with Gasteiger partial charge in [0.1, 0.15) is 0 Å². The molecule has 4 rings (SSSR count). The Kier molecular flexibility index (Phi) is 5.57. The molecule has 7 heteroatoms. The summed E-state index contributed by atoms with van der Waals surface area (Å²) in [5.74, 6) is 1.52. The molecule has 1 aliphatic heterocycles. The zero-order valence-electron chi connectivity index (χ0n) is 16.9. The zero-order chi connectivity index (χ0) is 20.2. The number of fused-ring (bicyclic) bond motifs is 1. The third-order valence-corrected chi connectivity index (χ3v) is 5.10. The lowest BCUT2D eigenvalue weighted by Crippen LogP contribution is -2.26. The zero-order valence-corrected chi connectivity index (χ0v) is 16.9. The minimum atomic E-state index is 0.222. The van der Waals surface area contributed by atoms with Crippen molar-refractivity contribution < 1.29 is 9.47 Å². The van der Waals surface area contributed by atoms with Crippen molar-refractivity contribution in [2.45, 2.75) is 32.5 Å². The maximum atomic E-state index is 5.37. The molecular formula is C22H25N5O2. The van der Waals surface area contributed by atoms with E-state index >= 15 is 0 Å². The summed E-state index contributed by atoms with van der Waals surface area (Å²) in [6.45, 7) is 3.38. The van der Waals surface area contributed by atoms with Gasteiger partial charge < -0.3 is 19.7 Å². The van der Waals surface area contributed by atoms with Gasteiger partial charge in [-0.15, -0.1) is 10.2 Å². The number of nitrogens with one attached hydrogen (secondary N) is 1. The topological polar surface area (TPSA) is 72.4 Å². The molecule has 0 spiro atoms. The van der Waals surface area contributed by atoms with Crippen molar-refractivity contribution >= 4 is 17.5 Å². The Morgan fingerprint density at radius 3 is 2.66 bits per heavy atom. The molecule has 0 saturated heterocycles. The van der Waals surface area contributed by atoms with Gasteiger partial charge in [0.05, 0.1) is 13.7 Å². The van der Waals surface area contributed by atoms with Gasteiger partial charge in [0.15, 0.2) is 5.82 Å². The first-order valence-electron chi connectivity index (χ1n) is 9.66. The van der Waals surface area contributed by atoms with Crippen LogP contribution in [-0.4, -0.2) is 35.4 Å². The molecule has 1 aromatic heterocycles. The van der Waals surface area contributed by atoms with Crippen LogP contribution in [0.15, 0.2) is 48.5 Å². The average Bonchev–Trinajstić information content (AvgIpc) is 3.10. The van der Waals surface area contributed by atoms with Gasteiger partial charge in [-0.05, 0) is 36.1 Å². The molecule has 0 bridgehead atoms. The highest BCUT2D eigenvalue weighted by Gasteiger charge is 2.31. The predicted octanol–water partition coefficient (Wildman–Crippen LogP) is 3.72. The van der Waals surface area contributed by atoms with Crippen LogP contribution >= 0.6 is 0 Å². The molecule has 1 atom stereocenters. The summed E-state index contributed by atoms with van der Waals surface area (Å²) < 4.78 is 10.7. The maximum Gasteiger partial charge on any atom is 0.276 e. The van der Waals surface area contributed by atoms with E-state index < -0.39 is 0 Å². The van der Waals surface area contributed by atoms with Gasteiger partial charge in [-0.25, -0.2) is 0 Å². The SMILES string of the molecule is COCc1cccc2c1CC(C)N2c1nnc(OC)c(NCc2ccccc2)n1. The van der Waals surface area contributed by atoms with E-state index in [9.17, 15) is 0 Å². The number of anilines is 3. The standard InChI is InChI=1S/C22H25N5O2/c1-15-12-18-17(14-28-2)10-7-11-19(18)27(15)22-24-20(21(29-3)25-26-22)23-13-16-8-5-4-6-9-16/h4-11,15H,12-14H2,1-3H3,(H,23,24,26). The van der Waals surface area contributed by atoms with Gasteiger partial charge in [0.25, 0.3) is 11.8 Å². The number of methoxy groups -OCH3 is 2. The summed E-state index contributed by atoms with van der Waals surface area (Å²) in [6, 6.07) is 16.6. The molecule has 0 amide bonds. The molecule has 2 aromatic carbocycles. The number of nitrogens with zero attached hydrogens (tertiary/aromatic N) is 4. The summed E-state index contributed by atoms with van der Waals surface area (Å²) in [5.41, 5.74) is 4.73. The van der Waals surface area contributed by atoms with Crippen LogP contribution < -0.4 is 15.0 Å². The van der Waals surface area contributed by atoms with E-state index in [1.165, 1.54) is 11.1 Å². The van der Waals surface area contributed by atoms with Gasteiger partial charge in [-0.2, -0.15) is 4.98 Å². The van der Waals surface area contributed by atoms with Crippen LogP contribution in [0.2, 0.25) is 0 Å². The van der Waals surface area contributed by atoms with Crippen LogP contribution in [0.3, 0.4) is 0 Å². The molecule has 1 unspecified atom stereocenters. The van der Waals surface area contributed by atoms with Crippen LogP contribution in [0.25, 0.3) is 0 Å². The Balaban J connectivity index is 1.65. The van der Waals surface area contributed by atoms with E-state index in [2.05, 4.69) is 51.6 Å². The Morgan fingerprint density at radius 2 is 1.90 bits per heavy atom. The molecule has 2 heterocycles. The normalized spacial score (nSPS) is 15.3. The highest BCUT2D eigenvalue weighted by molar-refractivity contribution is 5.69. The lowest BCUT2D eigenvalue weighted by Gasteiger charge is -2.23. The molecule has 1 aliphatic rings. The van der Waals surface area contributed by atoms with Crippen molar-refractivity contribution in [3.05, 3.63) is 65.2 Å². The molecule has 1 N–H and O–H groups in total. The Bertz CT molecular complexity index is 980. The van der Waals surface area contributed by atoms with Crippen molar-refractivity contribution in [1.82, 2.24) is 15.2 Å². The molecule has 0 saturated carbocycles. The van der Waals surface area contributed by atoms with Crippen molar-refractivity contribution in [2.24, 2.45) is 0 Å². The fourth-order valence-electron chi connectivity index (χ4n) is 3.75. The predicted molar refractivity (Wildman–Crippen MR) is 113 cm³/mol. The summed E-state index contributed by atoms with van der Waals surface area (Å²) in [7, 11) is 3.29. The molecule has 0 aliphatic carbocycles. The van der Waals surface area contributed by atoms with E-state index in [1.807, 2.05) is 24.3 Å².